The van der Waals surface area contributed by atoms with Gasteiger partial charge in [0.2, 0.25) is 0 Å². The standard InChI is InChI=1S/C28H59P.C16H35P.2H2O.O.Zr/c1-11-13-15-17-18-20-22-29(26(9)10)28(24(5)6,25(7)8)27(23(3)4)21-19-16-14-12-2;1-3-5-7-9-11-13-15-17-16-14-12-10-8-6-4-2;;;;/h23-27H,11-22H2,1-10H3;17H,3-16H2,1-2H3;2*1H2;;/q;;;;;+2/p-2. The zero-order valence-electron chi connectivity index (χ0n) is 36.5. The Labute approximate surface area is 330 Å². The number of hydrogen-bond donors (Lipinski definition) is 2. The predicted octanol–water partition coefficient (Wildman–Crippen LogP) is 15.7. The first-order chi connectivity index (χ1) is 23.8. The summed E-state index contributed by atoms with van der Waals surface area (Å²) in [5.41, 5.74) is 0.849. The number of unbranched alkanes of at least 4 members (excludes halogenated alkanes) is 18. The second-order valence-corrected chi connectivity index (χ2v) is 22.6. The second-order valence-electron chi connectivity index (χ2n) is 16.5. The third-order valence-corrected chi connectivity index (χ3v) is 16.7. The van der Waals surface area contributed by atoms with Crippen molar-refractivity contribution in [3.05, 3.63) is 0 Å². The quantitative estimate of drug-likeness (QED) is 0.0525. The van der Waals surface area contributed by atoms with Crippen molar-refractivity contribution < 1.29 is 31.8 Å². The molecule has 0 saturated carbocycles. The average Bonchev–Trinajstić information content (AvgIpc) is 3.04. The van der Waals surface area contributed by atoms with E-state index in [4.69, 9.17) is 9.18 Å². The van der Waals surface area contributed by atoms with E-state index in [0.29, 0.717) is 5.16 Å². The molecule has 2 N–H and O–H groups in total. The van der Waals surface area contributed by atoms with Gasteiger partial charge in [0, 0.05) is 0 Å². The first-order valence-electron chi connectivity index (χ1n) is 22.2. The summed E-state index contributed by atoms with van der Waals surface area (Å²) >= 11 is -3.79. The first kappa shape index (κ1) is 55.8. The summed E-state index contributed by atoms with van der Waals surface area (Å²) in [4.78, 5) is 0. The number of hydrogen-bond acceptors (Lipinski definition) is 1. The van der Waals surface area contributed by atoms with E-state index < -0.39 is 22.6 Å². The summed E-state index contributed by atoms with van der Waals surface area (Å²) in [6.45, 7) is 29.7. The summed E-state index contributed by atoms with van der Waals surface area (Å²) in [6.07, 6.45) is 37.8. The fourth-order valence-electron chi connectivity index (χ4n) is 8.44. The second kappa shape index (κ2) is 40.1. The van der Waals surface area contributed by atoms with Gasteiger partial charge in [0.1, 0.15) is 0 Å². The average molecular weight is 826 g/mol. The van der Waals surface area contributed by atoms with E-state index in [1.54, 1.807) is 0 Å². The third-order valence-electron chi connectivity index (χ3n) is 10.9. The summed E-state index contributed by atoms with van der Waals surface area (Å²) in [5.74, 6) is 3.26. The molecule has 3 nitrogen and oxygen atoms in total. The molecule has 0 aromatic rings. The van der Waals surface area contributed by atoms with Crippen LogP contribution in [0.25, 0.3) is 0 Å². The van der Waals surface area contributed by atoms with Crippen LogP contribution in [0.3, 0.4) is 0 Å². The molecular formula is C44H96O3P2Zr. The molecule has 6 heteroatoms. The van der Waals surface area contributed by atoms with Gasteiger partial charge in [-0.25, -0.2) is 0 Å². The van der Waals surface area contributed by atoms with E-state index in [1.165, 1.54) is 175 Å². The van der Waals surface area contributed by atoms with Crippen molar-refractivity contribution in [2.24, 2.45) is 23.7 Å². The molecule has 0 rings (SSSR count). The van der Waals surface area contributed by atoms with E-state index in [1.807, 2.05) is 0 Å². The molecule has 0 fully saturated rings. The molecule has 0 aliphatic carbocycles. The van der Waals surface area contributed by atoms with Gasteiger partial charge in [0.05, 0.1) is 0 Å². The van der Waals surface area contributed by atoms with Gasteiger partial charge in [0.15, 0.2) is 0 Å². The Bertz CT molecular complexity index is 660. The van der Waals surface area contributed by atoms with Crippen molar-refractivity contribution in [2.75, 3.05) is 18.5 Å². The van der Waals surface area contributed by atoms with E-state index in [-0.39, 0.29) is 7.92 Å². The van der Waals surface area contributed by atoms with E-state index >= 15 is 0 Å². The van der Waals surface area contributed by atoms with Crippen LogP contribution in [0.2, 0.25) is 0 Å². The van der Waals surface area contributed by atoms with Crippen LogP contribution in [-0.4, -0.2) is 35.7 Å². The normalized spacial score (nSPS) is 13.0. The number of rotatable bonds is 32. The fourth-order valence-corrected chi connectivity index (χ4v) is 14.2. The molecule has 0 aromatic carbocycles. The summed E-state index contributed by atoms with van der Waals surface area (Å²) in [5, 5.41) is 0.535. The topological polar surface area (TPSA) is 57.5 Å². The van der Waals surface area contributed by atoms with Crippen LogP contribution in [0.1, 0.15) is 231 Å². The first-order valence-corrected chi connectivity index (χ1v) is 28.4. The third kappa shape index (κ3) is 30.8. The van der Waals surface area contributed by atoms with Crippen LogP contribution >= 0.6 is 16.5 Å². The van der Waals surface area contributed by atoms with Crippen molar-refractivity contribution in [2.45, 2.75) is 242 Å². The van der Waals surface area contributed by atoms with Crippen molar-refractivity contribution in [1.29, 1.82) is 0 Å². The minimum absolute atomic E-state index is 0.0330. The molecule has 50 heavy (non-hydrogen) atoms. The fraction of sp³-hybridized carbons (Fsp3) is 1.00. The zero-order chi connectivity index (χ0) is 38.6. The van der Waals surface area contributed by atoms with Crippen LogP contribution in [0, 0.1) is 23.7 Å². The summed E-state index contributed by atoms with van der Waals surface area (Å²) in [6, 6.07) is 0. The molecule has 0 heterocycles. The van der Waals surface area contributed by atoms with E-state index in [9.17, 15) is 0 Å². The van der Waals surface area contributed by atoms with Crippen molar-refractivity contribution in [1.82, 2.24) is 0 Å². The Kier molecular flexibility index (Phi) is 44.8. The molecular weight excluding hydrogens is 730 g/mol. The molecule has 0 aliphatic heterocycles. The summed E-state index contributed by atoms with van der Waals surface area (Å²) in [7, 11) is 1.29. The van der Waals surface area contributed by atoms with Crippen molar-refractivity contribution in [3.63, 3.8) is 0 Å². The van der Waals surface area contributed by atoms with Crippen LogP contribution in [0.4, 0.5) is 0 Å². The van der Waals surface area contributed by atoms with Crippen LogP contribution in [-0.2, 0) is 25.4 Å². The molecule has 0 saturated heterocycles. The molecule has 2 unspecified atom stereocenters. The maximum absolute atomic E-state index is 8.84. The van der Waals surface area contributed by atoms with Crippen LogP contribution in [0.15, 0.2) is 0 Å². The Morgan fingerprint density at radius 1 is 0.520 bits per heavy atom. The molecule has 0 radical (unpaired) electrons. The maximum atomic E-state index is 8.84. The predicted molar refractivity (Wildman–Crippen MR) is 230 cm³/mol. The minimum atomic E-state index is -3.79. The Balaban J connectivity index is -0.000000885. The Morgan fingerprint density at radius 2 is 0.840 bits per heavy atom. The Morgan fingerprint density at radius 3 is 1.16 bits per heavy atom. The Hall–Kier alpha value is 1.46. The van der Waals surface area contributed by atoms with Crippen molar-refractivity contribution in [3.8, 4) is 0 Å². The molecule has 304 valence electrons. The molecule has 0 aliphatic rings. The van der Waals surface area contributed by atoms with E-state index in [0.717, 1.165) is 29.3 Å². The summed E-state index contributed by atoms with van der Waals surface area (Å²) < 4.78 is 23.3. The van der Waals surface area contributed by atoms with Gasteiger partial charge in [-0.05, 0) is 78.7 Å². The van der Waals surface area contributed by atoms with Gasteiger partial charge in [-0.2, -0.15) is 0 Å². The van der Waals surface area contributed by atoms with Crippen molar-refractivity contribution >= 4 is 16.5 Å². The van der Waals surface area contributed by atoms with Gasteiger partial charge in [-0.3, -0.25) is 0 Å². The van der Waals surface area contributed by atoms with Crippen LogP contribution < -0.4 is 0 Å². The molecule has 0 amide bonds. The molecule has 0 spiro atoms. The molecule has 2 atom stereocenters. The van der Waals surface area contributed by atoms with Gasteiger partial charge in [-0.1, -0.05) is 213 Å². The van der Waals surface area contributed by atoms with Crippen LogP contribution in [0.5, 0.6) is 0 Å². The van der Waals surface area contributed by atoms with E-state index in [2.05, 4.69) is 83.1 Å². The van der Waals surface area contributed by atoms with Gasteiger partial charge < -0.3 is 0 Å². The van der Waals surface area contributed by atoms with Gasteiger partial charge in [0.25, 0.3) is 0 Å². The molecule has 0 aromatic heterocycles. The SMILES string of the molecule is CCCCCCCCP(C(C)C)C(C(C)C)(C(C)C)C(CCCCCC)C(C)C.CCCCCCCCPCCCCCCCC.[O]=[Zr]([OH])[OH]. The zero-order valence-corrected chi connectivity index (χ0v) is 40.9. The monoisotopic (exact) mass is 825 g/mol. The van der Waals surface area contributed by atoms with Gasteiger partial charge >= 0.3 is 31.8 Å². The molecule has 0 bridgehead atoms. The van der Waals surface area contributed by atoms with Gasteiger partial charge in [-0.15, -0.1) is 8.58 Å².